The lowest BCUT2D eigenvalue weighted by molar-refractivity contribution is -0.136. The van der Waals surface area contributed by atoms with Crippen molar-refractivity contribution in [1.29, 1.82) is 0 Å². The molecular weight excluding hydrogens is 328 g/mol. The molecule has 0 saturated heterocycles. The van der Waals surface area contributed by atoms with Crippen LogP contribution >= 0.6 is 11.6 Å². The summed E-state index contributed by atoms with van der Waals surface area (Å²) >= 11 is 6.20. The van der Waals surface area contributed by atoms with Crippen LogP contribution in [0.3, 0.4) is 0 Å². The zero-order valence-electron chi connectivity index (χ0n) is 11.1. The molecule has 2 aromatic carbocycles. The van der Waals surface area contributed by atoms with Gasteiger partial charge in [0.05, 0.1) is 11.4 Å². The van der Waals surface area contributed by atoms with Crippen LogP contribution in [0.5, 0.6) is 0 Å². The summed E-state index contributed by atoms with van der Waals surface area (Å²) in [5, 5.41) is 15.3. The molecule has 3 aromatic rings. The maximum absolute atomic E-state index is 11.5. The molecule has 0 aliphatic heterocycles. The van der Waals surface area contributed by atoms with Gasteiger partial charge in [0.1, 0.15) is 4.90 Å². The molecule has 0 unspecified atom stereocenters. The normalized spacial score (nSPS) is 12.1. The van der Waals surface area contributed by atoms with Crippen molar-refractivity contribution >= 4 is 49.4 Å². The van der Waals surface area contributed by atoms with E-state index in [0.717, 1.165) is 0 Å². The van der Waals surface area contributed by atoms with E-state index < -0.39 is 16.0 Å². The first-order valence-corrected chi connectivity index (χ1v) is 8.17. The second-order valence-corrected chi connectivity index (χ2v) is 6.83. The van der Waals surface area contributed by atoms with Gasteiger partial charge in [-0.3, -0.25) is 4.79 Å². The number of primary sulfonamides is 1. The van der Waals surface area contributed by atoms with Gasteiger partial charge < -0.3 is 10.1 Å². The lowest BCUT2D eigenvalue weighted by Gasteiger charge is -2.03. The van der Waals surface area contributed by atoms with Crippen molar-refractivity contribution in [1.82, 2.24) is 4.98 Å². The summed E-state index contributed by atoms with van der Waals surface area (Å²) < 4.78 is 23.1. The summed E-state index contributed by atoms with van der Waals surface area (Å²) in [6.45, 7) is 0. The van der Waals surface area contributed by atoms with E-state index in [9.17, 15) is 13.2 Å². The van der Waals surface area contributed by atoms with Crippen molar-refractivity contribution in [2.75, 3.05) is 0 Å². The fraction of sp³-hybridized carbons (Fsp3) is 0.0714. The Morgan fingerprint density at radius 2 is 1.95 bits per heavy atom. The number of nitrogens with one attached hydrogen (secondary N) is 1. The first-order chi connectivity index (χ1) is 10.3. The number of rotatable bonds is 3. The van der Waals surface area contributed by atoms with E-state index in [1.165, 1.54) is 6.07 Å². The van der Waals surface area contributed by atoms with Crippen LogP contribution in [0.1, 0.15) is 5.56 Å². The van der Waals surface area contributed by atoms with Gasteiger partial charge in [-0.2, -0.15) is 0 Å². The average Bonchev–Trinajstić information content (AvgIpc) is 2.74. The zero-order valence-corrected chi connectivity index (χ0v) is 12.7. The van der Waals surface area contributed by atoms with Gasteiger partial charge in [-0.05, 0) is 23.8 Å². The fourth-order valence-electron chi connectivity index (χ4n) is 2.49. The van der Waals surface area contributed by atoms with E-state index >= 15 is 0 Å². The quantitative estimate of drug-likeness (QED) is 0.679. The van der Waals surface area contributed by atoms with Gasteiger partial charge in [-0.15, -0.1) is 0 Å². The molecule has 0 atom stereocenters. The van der Waals surface area contributed by atoms with Crippen LogP contribution in [0.25, 0.3) is 21.8 Å². The molecule has 22 heavy (non-hydrogen) atoms. The highest BCUT2D eigenvalue weighted by molar-refractivity contribution is 7.89. The predicted octanol–water partition coefficient (Wildman–Crippen LogP) is 2.25. The monoisotopic (exact) mass is 338 g/mol. The number of aliphatic carboxylic acids is 1. The van der Waals surface area contributed by atoms with Gasteiger partial charge in [-0.25, -0.2) is 13.6 Å². The molecule has 0 aliphatic carbocycles. The topological polar surface area (TPSA) is 113 Å². The van der Waals surface area contributed by atoms with Crippen molar-refractivity contribution in [3.8, 4) is 0 Å². The van der Waals surface area contributed by atoms with Gasteiger partial charge in [0.2, 0.25) is 10.0 Å². The first kappa shape index (κ1) is 14.8. The Balaban J connectivity index is 2.31. The van der Waals surface area contributed by atoms with Gasteiger partial charge in [0.25, 0.3) is 0 Å². The number of benzene rings is 2. The Bertz CT molecular complexity index is 1020. The molecule has 0 bridgehead atoms. The summed E-state index contributed by atoms with van der Waals surface area (Å²) in [4.78, 5) is 13.7. The second-order valence-electron chi connectivity index (χ2n) is 4.92. The van der Waals surface area contributed by atoms with Gasteiger partial charge in [0.15, 0.2) is 0 Å². The maximum Gasteiger partial charge on any atom is 0.307 e. The van der Waals surface area contributed by atoms with Crippen molar-refractivity contribution in [3.05, 3.63) is 40.9 Å². The van der Waals surface area contributed by atoms with Crippen molar-refractivity contribution in [3.63, 3.8) is 0 Å². The molecule has 0 amide bonds. The van der Waals surface area contributed by atoms with Crippen LogP contribution < -0.4 is 5.14 Å². The minimum Gasteiger partial charge on any atom is -0.481 e. The Kier molecular flexibility index (Phi) is 3.36. The number of sulfonamides is 1. The molecule has 1 heterocycles. The number of H-pyrrole nitrogens is 1. The highest BCUT2D eigenvalue weighted by atomic mass is 35.5. The third kappa shape index (κ3) is 2.43. The molecule has 6 nitrogen and oxygen atoms in total. The maximum atomic E-state index is 11.5. The minimum absolute atomic E-state index is 0.0530. The molecule has 0 fully saturated rings. The highest BCUT2D eigenvalue weighted by Crippen LogP contribution is 2.35. The standard InChI is InChI=1S/C14H11ClN2O4S/c15-14-11(22(16,20)21)4-3-9-13(14)8-2-1-7(6-12(18)19)5-10(8)17-9/h1-5,17H,6H2,(H,18,19)(H2,16,20,21). The molecular formula is C14H11ClN2O4S. The number of fused-ring (bicyclic) bond motifs is 3. The molecule has 8 heteroatoms. The molecule has 1 aromatic heterocycles. The van der Waals surface area contributed by atoms with Crippen LogP contribution in [0.15, 0.2) is 35.2 Å². The van der Waals surface area contributed by atoms with Crippen LogP contribution in [-0.4, -0.2) is 24.5 Å². The summed E-state index contributed by atoms with van der Waals surface area (Å²) in [5.74, 6) is -0.926. The number of carboxylic acids is 1. The molecule has 4 N–H and O–H groups in total. The third-order valence-corrected chi connectivity index (χ3v) is 4.85. The highest BCUT2D eigenvalue weighted by Gasteiger charge is 2.18. The van der Waals surface area contributed by atoms with Crippen LogP contribution in [0.4, 0.5) is 0 Å². The molecule has 114 valence electrons. The van der Waals surface area contributed by atoms with E-state index in [2.05, 4.69) is 4.98 Å². The first-order valence-electron chi connectivity index (χ1n) is 6.25. The summed E-state index contributed by atoms with van der Waals surface area (Å²) in [7, 11) is -3.92. The van der Waals surface area contributed by atoms with E-state index in [4.69, 9.17) is 21.8 Å². The number of nitrogens with two attached hydrogens (primary N) is 1. The number of carbonyl (C=O) groups is 1. The van der Waals surface area contributed by atoms with Crippen LogP contribution in [0, 0.1) is 0 Å². The molecule has 0 saturated carbocycles. The fourth-order valence-corrected chi connectivity index (χ4v) is 3.69. The summed E-state index contributed by atoms with van der Waals surface area (Å²) in [5.41, 5.74) is 1.97. The van der Waals surface area contributed by atoms with Gasteiger partial charge in [0, 0.05) is 21.8 Å². The number of aromatic amines is 1. The summed E-state index contributed by atoms with van der Waals surface area (Å²) in [6, 6.07) is 8.01. The molecule has 0 spiro atoms. The SMILES string of the molecule is NS(=O)(=O)c1ccc2[nH]c3cc(CC(=O)O)ccc3c2c1Cl. The predicted molar refractivity (Wildman–Crippen MR) is 83.5 cm³/mol. The van der Waals surface area contributed by atoms with E-state index in [1.807, 2.05) is 0 Å². The van der Waals surface area contributed by atoms with Gasteiger partial charge in [-0.1, -0.05) is 23.7 Å². The molecule has 0 radical (unpaired) electrons. The van der Waals surface area contributed by atoms with Crippen molar-refractivity contribution in [2.24, 2.45) is 5.14 Å². The van der Waals surface area contributed by atoms with Crippen molar-refractivity contribution < 1.29 is 18.3 Å². The smallest absolute Gasteiger partial charge is 0.307 e. The van der Waals surface area contributed by atoms with Gasteiger partial charge >= 0.3 is 5.97 Å². The number of halogens is 1. The lowest BCUT2D eigenvalue weighted by Crippen LogP contribution is -2.12. The number of carboxylic acid groups (broad SMARTS) is 1. The zero-order chi connectivity index (χ0) is 16.1. The minimum atomic E-state index is -3.92. The van der Waals surface area contributed by atoms with Crippen molar-refractivity contribution in [2.45, 2.75) is 11.3 Å². The Morgan fingerprint density at radius 1 is 1.23 bits per heavy atom. The number of hydrogen-bond acceptors (Lipinski definition) is 3. The Labute approximate surface area is 130 Å². The summed E-state index contributed by atoms with van der Waals surface area (Å²) in [6.07, 6.45) is -0.0958. The number of hydrogen-bond donors (Lipinski definition) is 3. The average molecular weight is 339 g/mol. The lowest BCUT2D eigenvalue weighted by atomic mass is 10.1. The second kappa shape index (κ2) is 4.98. The largest absolute Gasteiger partial charge is 0.481 e. The van der Waals surface area contributed by atoms with E-state index in [1.54, 1.807) is 24.3 Å². The van der Waals surface area contributed by atoms with E-state index in [-0.39, 0.29) is 16.3 Å². The molecule has 0 aliphatic rings. The third-order valence-electron chi connectivity index (χ3n) is 3.39. The van der Waals surface area contributed by atoms with Crippen LogP contribution in [0.2, 0.25) is 5.02 Å². The Hall–Kier alpha value is -2.09. The Morgan fingerprint density at radius 3 is 2.59 bits per heavy atom. The molecule has 3 rings (SSSR count). The number of aromatic nitrogens is 1. The van der Waals surface area contributed by atoms with E-state index in [0.29, 0.717) is 27.4 Å². The van der Waals surface area contributed by atoms with Crippen LogP contribution in [-0.2, 0) is 21.2 Å².